The summed E-state index contributed by atoms with van der Waals surface area (Å²) in [4.78, 5) is 23.6. The van der Waals surface area contributed by atoms with E-state index >= 15 is 0 Å². The Balaban J connectivity index is 1.72. The normalized spacial score (nSPS) is 26.4. The first-order valence-electron chi connectivity index (χ1n) is 14.2. The molecule has 0 amide bonds. The van der Waals surface area contributed by atoms with Gasteiger partial charge < -0.3 is 14.6 Å². The fraction of sp³-hybridized carbons (Fsp3) is 0.800. The number of carbonyl (C=O) groups excluding carboxylic acids is 2. The number of aliphatic hydroxyl groups is 1. The van der Waals surface area contributed by atoms with E-state index in [0.717, 1.165) is 36.7 Å². The summed E-state index contributed by atoms with van der Waals surface area (Å²) in [6.07, 6.45) is 18.7. The molecule has 2 atom stereocenters. The van der Waals surface area contributed by atoms with Crippen LogP contribution in [0.4, 0.5) is 0 Å². The van der Waals surface area contributed by atoms with Crippen molar-refractivity contribution in [1.82, 2.24) is 0 Å². The van der Waals surface area contributed by atoms with Crippen molar-refractivity contribution in [2.45, 2.75) is 110 Å². The zero-order chi connectivity index (χ0) is 25.6. The zero-order valence-electron chi connectivity index (χ0n) is 22.3. The second-order valence-electron chi connectivity index (χ2n) is 11.1. The van der Waals surface area contributed by atoms with Crippen molar-refractivity contribution in [2.75, 3.05) is 13.2 Å². The minimum Gasteiger partial charge on any atom is -0.462 e. The van der Waals surface area contributed by atoms with Crippen LogP contribution < -0.4 is 0 Å². The fourth-order valence-corrected chi connectivity index (χ4v) is 5.98. The molecule has 2 rings (SSSR count). The third-order valence-electron chi connectivity index (χ3n) is 8.49. The maximum absolute atomic E-state index is 12.1. The lowest BCUT2D eigenvalue weighted by atomic mass is 9.68. The van der Waals surface area contributed by atoms with Gasteiger partial charge in [0.2, 0.25) is 0 Å². The van der Waals surface area contributed by atoms with Gasteiger partial charge in [-0.3, -0.25) is 0 Å². The minimum atomic E-state index is -0.939. The third kappa shape index (κ3) is 10.9. The second-order valence-corrected chi connectivity index (χ2v) is 11.1. The van der Waals surface area contributed by atoms with Gasteiger partial charge in [0.15, 0.2) is 0 Å². The molecule has 0 spiro atoms. The van der Waals surface area contributed by atoms with Gasteiger partial charge in [-0.15, -0.1) is 0 Å². The van der Waals surface area contributed by atoms with Crippen LogP contribution in [0.25, 0.3) is 0 Å². The van der Waals surface area contributed by atoms with Gasteiger partial charge in [0.1, 0.15) is 0 Å². The molecule has 0 saturated heterocycles. The first-order chi connectivity index (χ1) is 16.8. The average molecular weight is 491 g/mol. The van der Waals surface area contributed by atoms with Gasteiger partial charge in [0, 0.05) is 12.0 Å². The van der Waals surface area contributed by atoms with Crippen LogP contribution in [-0.2, 0) is 19.1 Å². The highest BCUT2D eigenvalue weighted by molar-refractivity contribution is 5.88. The number of esters is 2. The summed E-state index contributed by atoms with van der Waals surface area (Å²) in [7, 11) is 0. The molecule has 2 aliphatic rings. The van der Waals surface area contributed by atoms with Crippen LogP contribution in [0.1, 0.15) is 104 Å². The van der Waals surface area contributed by atoms with E-state index in [1.807, 2.05) is 0 Å². The topological polar surface area (TPSA) is 72.8 Å². The fourth-order valence-electron chi connectivity index (χ4n) is 5.98. The van der Waals surface area contributed by atoms with Crippen LogP contribution in [0.5, 0.6) is 0 Å². The Bertz CT molecular complexity index is 654. The number of aliphatic hydroxyl groups excluding tert-OH is 1. The van der Waals surface area contributed by atoms with Crippen molar-refractivity contribution >= 4 is 11.9 Å². The minimum absolute atomic E-state index is 0.0418. The molecule has 0 heterocycles. The predicted octanol–water partition coefficient (Wildman–Crippen LogP) is 6.79. The molecule has 35 heavy (non-hydrogen) atoms. The van der Waals surface area contributed by atoms with Crippen LogP contribution >= 0.6 is 0 Å². The molecule has 5 nitrogen and oxygen atoms in total. The summed E-state index contributed by atoms with van der Waals surface area (Å²) in [5.41, 5.74) is 0.0418. The van der Waals surface area contributed by atoms with Gasteiger partial charge >= 0.3 is 11.9 Å². The molecule has 0 radical (unpaired) electrons. The molecule has 0 aliphatic heterocycles. The predicted molar refractivity (Wildman–Crippen MR) is 141 cm³/mol. The SMILES string of the molecule is C=CC(=O)OCC(CCC1CCC(C2CCC(CCCCC)CC2)CC1)COC(=O)C(=C)C(C)O. The second kappa shape index (κ2) is 16.2. The van der Waals surface area contributed by atoms with Gasteiger partial charge in [0.05, 0.1) is 24.9 Å². The highest BCUT2D eigenvalue weighted by Gasteiger charge is 2.31. The molecule has 0 aromatic carbocycles. The summed E-state index contributed by atoms with van der Waals surface area (Å²) < 4.78 is 10.6. The lowest BCUT2D eigenvalue weighted by Crippen LogP contribution is -2.27. The van der Waals surface area contributed by atoms with E-state index in [1.165, 1.54) is 84.0 Å². The van der Waals surface area contributed by atoms with Crippen molar-refractivity contribution in [1.29, 1.82) is 0 Å². The lowest BCUT2D eigenvalue weighted by Gasteiger charge is -2.38. The van der Waals surface area contributed by atoms with Crippen LogP contribution in [0.2, 0.25) is 0 Å². The number of carbonyl (C=O) groups is 2. The van der Waals surface area contributed by atoms with Crippen molar-refractivity contribution in [3.63, 3.8) is 0 Å². The van der Waals surface area contributed by atoms with Crippen LogP contribution in [0.15, 0.2) is 24.8 Å². The van der Waals surface area contributed by atoms with E-state index in [2.05, 4.69) is 20.1 Å². The summed E-state index contributed by atoms with van der Waals surface area (Å²) in [6.45, 7) is 11.2. The van der Waals surface area contributed by atoms with E-state index in [1.54, 1.807) is 0 Å². The molecule has 0 aromatic rings. The standard InChI is InChI=1S/C30H50O5/c1-5-7-8-9-24-12-16-27(17-13-24)28-18-14-25(15-19-28)10-11-26(20-34-29(32)6-2)21-35-30(33)22(3)23(4)31/h6,23-28,31H,2-3,5,7-21H2,1,4H3. The maximum Gasteiger partial charge on any atom is 0.336 e. The molecule has 200 valence electrons. The molecule has 0 bridgehead atoms. The van der Waals surface area contributed by atoms with E-state index in [9.17, 15) is 14.7 Å². The Labute approximate surface area is 213 Å². The summed E-state index contributed by atoms with van der Waals surface area (Å²) in [5, 5.41) is 9.53. The summed E-state index contributed by atoms with van der Waals surface area (Å²) >= 11 is 0. The van der Waals surface area contributed by atoms with E-state index in [-0.39, 0.29) is 24.7 Å². The number of hydrogen-bond acceptors (Lipinski definition) is 5. The van der Waals surface area contributed by atoms with E-state index < -0.39 is 18.0 Å². The lowest BCUT2D eigenvalue weighted by molar-refractivity contribution is -0.144. The largest absolute Gasteiger partial charge is 0.462 e. The number of ether oxygens (including phenoxy) is 2. The monoisotopic (exact) mass is 490 g/mol. The summed E-state index contributed by atoms with van der Waals surface area (Å²) in [5.74, 6) is 2.39. The number of unbranched alkanes of at least 4 members (excludes halogenated alkanes) is 2. The van der Waals surface area contributed by atoms with Gasteiger partial charge in [-0.25, -0.2) is 9.59 Å². The highest BCUT2D eigenvalue weighted by Crippen LogP contribution is 2.43. The molecule has 2 unspecified atom stereocenters. The molecule has 0 aromatic heterocycles. The van der Waals surface area contributed by atoms with Crippen molar-refractivity contribution in [3.8, 4) is 0 Å². The van der Waals surface area contributed by atoms with Gasteiger partial charge in [0.25, 0.3) is 0 Å². The highest BCUT2D eigenvalue weighted by atomic mass is 16.5. The molecule has 1 N–H and O–H groups in total. The average Bonchev–Trinajstić information content (AvgIpc) is 2.88. The Morgan fingerprint density at radius 2 is 1.46 bits per heavy atom. The summed E-state index contributed by atoms with van der Waals surface area (Å²) in [6, 6.07) is 0. The van der Waals surface area contributed by atoms with Crippen molar-refractivity contribution in [3.05, 3.63) is 24.8 Å². The maximum atomic E-state index is 12.1. The molecular formula is C30H50O5. The van der Waals surface area contributed by atoms with Crippen molar-refractivity contribution < 1.29 is 24.2 Å². The first kappa shape index (κ1) is 29.6. The molecule has 2 saturated carbocycles. The first-order valence-corrected chi connectivity index (χ1v) is 14.2. The smallest absolute Gasteiger partial charge is 0.336 e. The van der Waals surface area contributed by atoms with Crippen molar-refractivity contribution in [2.24, 2.45) is 29.6 Å². The molecule has 2 fully saturated rings. The van der Waals surface area contributed by atoms with Crippen LogP contribution in [-0.4, -0.2) is 36.4 Å². The van der Waals surface area contributed by atoms with E-state index in [0.29, 0.717) is 5.92 Å². The van der Waals surface area contributed by atoms with Gasteiger partial charge in [-0.2, -0.15) is 0 Å². The number of rotatable bonds is 15. The Morgan fingerprint density at radius 3 is 1.97 bits per heavy atom. The number of hydrogen-bond donors (Lipinski definition) is 1. The Kier molecular flexibility index (Phi) is 13.7. The van der Waals surface area contributed by atoms with E-state index in [4.69, 9.17) is 9.47 Å². The van der Waals surface area contributed by atoms with Gasteiger partial charge in [-0.1, -0.05) is 71.4 Å². The van der Waals surface area contributed by atoms with Gasteiger partial charge in [-0.05, 0) is 69.1 Å². The van der Waals surface area contributed by atoms with Crippen LogP contribution in [0.3, 0.4) is 0 Å². The Hall–Kier alpha value is -1.62. The molecular weight excluding hydrogens is 440 g/mol. The molecule has 2 aliphatic carbocycles. The quantitative estimate of drug-likeness (QED) is 0.155. The Morgan fingerprint density at radius 1 is 0.914 bits per heavy atom. The third-order valence-corrected chi connectivity index (χ3v) is 8.49. The van der Waals surface area contributed by atoms with Crippen LogP contribution in [0, 0.1) is 29.6 Å². The zero-order valence-corrected chi connectivity index (χ0v) is 22.3. The molecule has 5 heteroatoms.